The van der Waals surface area contributed by atoms with Crippen molar-refractivity contribution < 1.29 is 18.7 Å². The van der Waals surface area contributed by atoms with Gasteiger partial charge in [0.25, 0.3) is 5.91 Å². The molecule has 0 spiro atoms. The topological polar surface area (TPSA) is 85.6 Å². The minimum Gasteiger partial charge on any atom is -0.469 e. The summed E-state index contributed by atoms with van der Waals surface area (Å²) in [6, 6.07) is 7.80. The molecule has 0 saturated carbocycles. The molecule has 1 aromatic carbocycles. The summed E-state index contributed by atoms with van der Waals surface area (Å²) in [5.41, 5.74) is 0.0584. The number of rotatable bonds is 4. The van der Waals surface area contributed by atoms with E-state index in [0.29, 0.717) is 11.0 Å². The first-order valence-electron chi connectivity index (χ1n) is 5.99. The van der Waals surface area contributed by atoms with E-state index in [4.69, 9.17) is 4.42 Å². The molecule has 6 nitrogen and oxygen atoms in total. The maximum absolute atomic E-state index is 11.8. The fraction of sp³-hybridized carbons (Fsp3) is 0.214. The van der Waals surface area contributed by atoms with Gasteiger partial charge >= 0.3 is 5.97 Å². The summed E-state index contributed by atoms with van der Waals surface area (Å²) in [6.45, 7) is 0.113. The van der Waals surface area contributed by atoms with Crippen molar-refractivity contribution in [2.75, 3.05) is 13.7 Å². The van der Waals surface area contributed by atoms with Crippen LogP contribution in [0.25, 0.3) is 11.0 Å². The van der Waals surface area contributed by atoms with Crippen LogP contribution in [0.5, 0.6) is 0 Å². The second-order valence-corrected chi connectivity index (χ2v) is 4.05. The fourth-order valence-electron chi connectivity index (χ4n) is 1.68. The lowest BCUT2D eigenvalue weighted by atomic mass is 10.2. The zero-order valence-electron chi connectivity index (χ0n) is 10.8. The molecule has 0 fully saturated rings. The van der Waals surface area contributed by atoms with Crippen molar-refractivity contribution in [1.29, 1.82) is 0 Å². The third kappa shape index (κ3) is 3.03. The van der Waals surface area contributed by atoms with Crippen molar-refractivity contribution in [3.63, 3.8) is 0 Å². The number of esters is 1. The maximum atomic E-state index is 11.8. The SMILES string of the molecule is COC(=O)CCNC(=O)c1cc(=O)c2ccccc2o1. The number of carbonyl (C=O) groups is 2. The Morgan fingerprint density at radius 1 is 1.30 bits per heavy atom. The Morgan fingerprint density at radius 2 is 2.05 bits per heavy atom. The summed E-state index contributed by atoms with van der Waals surface area (Å²) >= 11 is 0. The molecule has 0 unspecified atom stereocenters. The molecular weight excluding hydrogens is 262 g/mol. The molecule has 0 bridgehead atoms. The number of methoxy groups -OCH3 is 1. The molecule has 0 aliphatic rings. The van der Waals surface area contributed by atoms with Crippen LogP contribution >= 0.6 is 0 Å². The lowest BCUT2D eigenvalue weighted by Crippen LogP contribution is -2.27. The van der Waals surface area contributed by atoms with E-state index in [2.05, 4.69) is 10.1 Å². The van der Waals surface area contributed by atoms with Gasteiger partial charge in [-0.05, 0) is 12.1 Å². The van der Waals surface area contributed by atoms with Crippen LogP contribution in [0.4, 0.5) is 0 Å². The van der Waals surface area contributed by atoms with Gasteiger partial charge in [0.1, 0.15) is 5.58 Å². The molecule has 1 N–H and O–H groups in total. The van der Waals surface area contributed by atoms with E-state index in [0.717, 1.165) is 6.07 Å². The number of amides is 1. The molecule has 0 radical (unpaired) electrons. The van der Waals surface area contributed by atoms with Gasteiger partial charge in [0, 0.05) is 12.6 Å². The third-order valence-corrected chi connectivity index (χ3v) is 2.70. The minimum atomic E-state index is -0.545. The van der Waals surface area contributed by atoms with Gasteiger partial charge < -0.3 is 14.5 Å². The number of benzene rings is 1. The van der Waals surface area contributed by atoms with Crippen LogP contribution in [0.2, 0.25) is 0 Å². The highest BCUT2D eigenvalue weighted by Crippen LogP contribution is 2.11. The van der Waals surface area contributed by atoms with Crippen LogP contribution in [0.1, 0.15) is 17.0 Å². The van der Waals surface area contributed by atoms with E-state index >= 15 is 0 Å². The summed E-state index contributed by atoms with van der Waals surface area (Å²) in [7, 11) is 1.27. The van der Waals surface area contributed by atoms with Crippen LogP contribution in [0, 0.1) is 0 Å². The predicted molar refractivity (Wildman–Crippen MR) is 71.5 cm³/mol. The van der Waals surface area contributed by atoms with E-state index in [1.165, 1.54) is 7.11 Å². The number of fused-ring (bicyclic) bond motifs is 1. The standard InChI is InChI=1S/C14H13NO5/c1-19-13(17)6-7-15-14(18)12-8-10(16)9-4-2-3-5-11(9)20-12/h2-5,8H,6-7H2,1H3,(H,15,18). The fourth-order valence-corrected chi connectivity index (χ4v) is 1.68. The molecule has 2 aromatic rings. The Labute approximate surface area is 114 Å². The number of hydrogen-bond donors (Lipinski definition) is 1. The second-order valence-electron chi connectivity index (χ2n) is 4.05. The van der Waals surface area contributed by atoms with Crippen molar-refractivity contribution in [1.82, 2.24) is 5.32 Å². The number of ether oxygens (including phenoxy) is 1. The van der Waals surface area contributed by atoms with Crippen LogP contribution in [-0.2, 0) is 9.53 Å². The molecule has 0 saturated heterocycles. The van der Waals surface area contributed by atoms with E-state index < -0.39 is 11.9 Å². The summed E-state index contributed by atoms with van der Waals surface area (Å²) in [4.78, 5) is 34.5. The van der Waals surface area contributed by atoms with Crippen molar-refractivity contribution in [3.8, 4) is 0 Å². The number of nitrogens with one attached hydrogen (secondary N) is 1. The van der Waals surface area contributed by atoms with Gasteiger partial charge in [-0.3, -0.25) is 14.4 Å². The normalized spacial score (nSPS) is 10.2. The lowest BCUT2D eigenvalue weighted by molar-refractivity contribution is -0.140. The van der Waals surface area contributed by atoms with Gasteiger partial charge in [-0.1, -0.05) is 12.1 Å². The Bertz CT molecular complexity index is 704. The Hall–Kier alpha value is -2.63. The van der Waals surface area contributed by atoms with Crippen LogP contribution in [-0.4, -0.2) is 25.5 Å². The van der Waals surface area contributed by atoms with Crippen molar-refractivity contribution in [3.05, 3.63) is 46.3 Å². The Kier molecular flexibility index (Phi) is 4.14. The zero-order valence-corrected chi connectivity index (χ0v) is 10.8. The molecule has 104 valence electrons. The zero-order chi connectivity index (χ0) is 14.5. The highest BCUT2D eigenvalue weighted by molar-refractivity contribution is 5.93. The molecule has 2 rings (SSSR count). The second kappa shape index (κ2) is 6.01. The predicted octanol–water partition coefficient (Wildman–Crippen LogP) is 1.09. The molecule has 1 aromatic heterocycles. The van der Waals surface area contributed by atoms with Crippen LogP contribution < -0.4 is 10.7 Å². The smallest absolute Gasteiger partial charge is 0.307 e. The Morgan fingerprint density at radius 3 is 2.80 bits per heavy atom. The van der Waals surface area contributed by atoms with Gasteiger partial charge in [-0.2, -0.15) is 0 Å². The van der Waals surface area contributed by atoms with Crippen LogP contribution in [0.15, 0.2) is 39.5 Å². The first-order chi connectivity index (χ1) is 9.61. The summed E-state index contributed by atoms with van der Waals surface area (Å²) in [5.74, 6) is -1.06. The van der Waals surface area contributed by atoms with Crippen molar-refractivity contribution >= 4 is 22.8 Å². The summed E-state index contributed by atoms with van der Waals surface area (Å²) in [5, 5.41) is 2.90. The van der Waals surface area contributed by atoms with Gasteiger partial charge in [0.15, 0.2) is 11.2 Å². The summed E-state index contributed by atoms with van der Waals surface area (Å²) in [6.07, 6.45) is 0.0556. The molecule has 0 aliphatic heterocycles. The van der Waals surface area contributed by atoms with E-state index in [1.807, 2.05) is 0 Å². The van der Waals surface area contributed by atoms with Gasteiger partial charge in [0.05, 0.1) is 18.9 Å². The van der Waals surface area contributed by atoms with Crippen molar-refractivity contribution in [2.24, 2.45) is 0 Å². The van der Waals surface area contributed by atoms with Crippen LogP contribution in [0.3, 0.4) is 0 Å². The average molecular weight is 275 g/mol. The minimum absolute atomic E-state index is 0.0556. The third-order valence-electron chi connectivity index (χ3n) is 2.70. The van der Waals surface area contributed by atoms with Gasteiger partial charge in [-0.15, -0.1) is 0 Å². The quantitative estimate of drug-likeness (QED) is 0.844. The van der Waals surface area contributed by atoms with Gasteiger partial charge in [-0.25, -0.2) is 0 Å². The molecule has 1 amide bonds. The van der Waals surface area contributed by atoms with E-state index in [-0.39, 0.29) is 24.2 Å². The molecule has 1 heterocycles. The highest BCUT2D eigenvalue weighted by atomic mass is 16.5. The van der Waals surface area contributed by atoms with Crippen molar-refractivity contribution in [2.45, 2.75) is 6.42 Å². The monoisotopic (exact) mass is 275 g/mol. The maximum Gasteiger partial charge on any atom is 0.307 e. The summed E-state index contributed by atoms with van der Waals surface area (Å²) < 4.78 is 9.81. The lowest BCUT2D eigenvalue weighted by Gasteiger charge is -2.04. The van der Waals surface area contributed by atoms with E-state index in [9.17, 15) is 14.4 Å². The molecular formula is C14H13NO5. The molecule has 20 heavy (non-hydrogen) atoms. The first-order valence-corrected chi connectivity index (χ1v) is 5.99. The number of hydrogen-bond acceptors (Lipinski definition) is 5. The molecule has 0 atom stereocenters. The van der Waals surface area contributed by atoms with Gasteiger partial charge in [0.2, 0.25) is 0 Å². The molecule has 6 heteroatoms. The Balaban J connectivity index is 2.14. The first kappa shape index (κ1) is 13.8. The number of carbonyl (C=O) groups excluding carboxylic acids is 2. The largest absolute Gasteiger partial charge is 0.469 e. The highest BCUT2D eigenvalue weighted by Gasteiger charge is 2.12. The average Bonchev–Trinajstić information content (AvgIpc) is 2.46. The molecule has 0 aliphatic carbocycles. The van der Waals surface area contributed by atoms with E-state index in [1.54, 1.807) is 24.3 Å². The number of para-hydroxylation sites is 1.